The standard InChI is InChI=1S/C39H38ClNO2Si/c1-27(35-25-18-30(40)26-38(35)43-4)36-14-11-15-37(39(36)28(2)42-3)29-16-19-32(20-17-29)41(31-12-9-8-10-13-31)33-21-23-34(24-22-33)44(5,6)7/h8-26H,1-2H2,3-7H3. The van der Waals surface area contributed by atoms with Crippen LogP contribution >= 0.6 is 11.6 Å². The number of ether oxygens (including phenoxy) is 2. The molecule has 5 rings (SSSR count). The van der Waals surface area contributed by atoms with E-state index in [1.54, 1.807) is 20.3 Å². The van der Waals surface area contributed by atoms with Crippen molar-refractivity contribution in [2.75, 3.05) is 19.1 Å². The van der Waals surface area contributed by atoms with E-state index in [1.807, 2.05) is 30.3 Å². The molecule has 5 heteroatoms. The third-order valence-electron chi connectivity index (χ3n) is 7.85. The van der Waals surface area contributed by atoms with Gasteiger partial charge in [0.05, 0.1) is 22.3 Å². The van der Waals surface area contributed by atoms with Gasteiger partial charge < -0.3 is 14.4 Å². The van der Waals surface area contributed by atoms with E-state index in [-0.39, 0.29) is 0 Å². The summed E-state index contributed by atoms with van der Waals surface area (Å²) in [4.78, 5) is 2.29. The zero-order chi connectivity index (χ0) is 31.4. The van der Waals surface area contributed by atoms with Gasteiger partial charge in [0.25, 0.3) is 0 Å². The number of benzene rings is 5. The van der Waals surface area contributed by atoms with Crippen molar-refractivity contribution in [2.24, 2.45) is 0 Å². The van der Waals surface area contributed by atoms with Crippen molar-refractivity contribution in [1.82, 2.24) is 0 Å². The third-order valence-corrected chi connectivity index (χ3v) is 10.1. The van der Waals surface area contributed by atoms with E-state index in [2.05, 4.69) is 117 Å². The number of rotatable bonds is 10. The van der Waals surface area contributed by atoms with Crippen LogP contribution in [-0.4, -0.2) is 22.3 Å². The second-order valence-corrected chi connectivity index (χ2v) is 17.2. The minimum Gasteiger partial charge on any atom is -0.497 e. The summed E-state index contributed by atoms with van der Waals surface area (Å²) in [6.45, 7) is 15.8. The lowest BCUT2D eigenvalue weighted by Gasteiger charge is -2.27. The molecular weight excluding hydrogens is 578 g/mol. The molecular formula is C39H38ClNO2Si. The molecule has 5 aromatic rings. The van der Waals surface area contributed by atoms with Crippen LogP contribution in [0.5, 0.6) is 5.75 Å². The molecule has 0 N–H and O–H groups in total. The average molecular weight is 616 g/mol. The number of hydrogen-bond acceptors (Lipinski definition) is 3. The average Bonchev–Trinajstić information content (AvgIpc) is 3.04. The molecule has 0 radical (unpaired) electrons. The Labute approximate surface area is 267 Å². The van der Waals surface area contributed by atoms with E-state index in [0.717, 1.165) is 50.5 Å². The summed E-state index contributed by atoms with van der Waals surface area (Å²) in [6, 6.07) is 39.9. The molecule has 0 unspecified atom stereocenters. The van der Waals surface area contributed by atoms with Gasteiger partial charge in [-0.15, -0.1) is 0 Å². The van der Waals surface area contributed by atoms with Gasteiger partial charge in [0.1, 0.15) is 11.5 Å². The molecule has 44 heavy (non-hydrogen) atoms. The van der Waals surface area contributed by atoms with E-state index >= 15 is 0 Å². The van der Waals surface area contributed by atoms with Gasteiger partial charge >= 0.3 is 0 Å². The Bertz CT molecular complexity index is 1790. The minimum atomic E-state index is -1.41. The first kappa shape index (κ1) is 30.9. The van der Waals surface area contributed by atoms with Crippen LogP contribution in [0.2, 0.25) is 24.7 Å². The normalized spacial score (nSPS) is 11.1. The van der Waals surface area contributed by atoms with Crippen LogP contribution in [0.4, 0.5) is 17.1 Å². The Kier molecular flexibility index (Phi) is 9.14. The number of anilines is 3. The number of methoxy groups -OCH3 is 2. The molecule has 0 saturated carbocycles. The highest BCUT2D eigenvalue weighted by Gasteiger charge is 2.21. The first-order chi connectivity index (χ1) is 21.1. The van der Waals surface area contributed by atoms with Gasteiger partial charge in [-0.3, -0.25) is 0 Å². The Balaban J connectivity index is 1.58. The Morgan fingerprint density at radius 1 is 0.682 bits per heavy atom. The molecule has 222 valence electrons. The van der Waals surface area contributed by atoms with Crippen LogP contribution in [0.25, 0.3) is 22.5 Å². The van der Waals surface area contributed by atoms with Crippen molar-refractivity contribution in [3.8, 4) is 16.9 Å². The van der Waals surface area contributed by atoms with E-state index < -0.39 is 8.07 Å². The summed E-state index contributed by atoms with van der Waals surface area (Å²) in [5, 5.41) is 2.04. The van der Waals surface area contributed by atoms with E-state index in [9.17, 15) is 0 Å². The number of halogens is 1. The minimum absolute atomic E-state index is 0.558. The maximum Gasteiger partial charge on any atom is 0.128 e. The largest absolute Gasteiger partial charge is 0.497 e. The molecule has 0 aliphatic heterocycles. The zero-order valence-corrected chi connectivity index (χ0v) is 27.8. The summed E-state index contributed by atoms with van der Waals surface area (Å²) in [7, 11) is 1.87. The molecule has 0 saturated heterocycles. The summed E-state index contributed by atoms with van der Waals surface area (Å²) < 4.78 is 11.4. The Hall–Kier alpha value is -4.51. The van der Waals surface area contributed by atoms with Gasteiger partial charge in [-0.05, 0) is 76.9 Å². The molecule has 0 aromatic heterocycles. The second kappa shape index (κ2) is 13.0. The lowest BCUT2D eigenvalue weighted by atomic mass is 9.88. The maximum atomic E-state index is 6.25. The van der Waals surface area contributed by atoms with Gasteiger partial charge in [-0.25, -0.2) is 0 Å². The summed E-state index contributed by atoms with van der Waals surface area (Å²) in [5.74, 6) is 1.22. The fraction of sp³-hybridized carbons (Fsp3) is 0.128. The molecule has 0 atom stereocenters. The molecule has 5 aromatic carbocycles. The van der Waals surface area contributed by atoms with Crippen LogP contribution < -0.4 is 14.8 Å². The fourth-order valence-electron chi connectivity index (χ4n) is 5.43. The zero-order valence-electron chi connectivity index (χ0n) is 26.0. The Morgan fingerprint density at radius 2 is 1.30 bits per heavy atom. The highest BCUT2D eigenvalue weighted by atomic mass is 35.5. The maximum absolute atomic E-state index is 6.25. The molecule has 0 spiro atoms. The van der Waals surface area contributed by atoms with Crippen LogP contribution in [-0.2, 0) is 4.74 Å². The molecule has 0 bridgehead atoms. The van der Waals surface area contributed by atoms with Gasteiger partial charge in [-0.2, -0.15) is 0 Å². The highest BCUT2D eigenvalue weighted by Crippen LogP contribution is 2.41. The number of hydrogen-bond donors (Lipinski definition) is 0. The number of para-hydroxylation sites is 1. The SMILES string of the molecule is C=C(c1ccc(Cl)cc1OC)c1cccc(-c2ccc(N(c3ccccc3)c3ccc([Si](C)(C)C)cc3)cc2)c1C(=C)OC. The van der Waals surface area contributed by atoms with Crippen LogP contribution in [0.3, 0.4) is 0 Å². The van der Waals surface area contributed by atoms with Gasteiger partial charge in [0.15, 0.2) is 0 Å². The van der Waals surface area contributed by atoms with E-state index in [4.69, 9.17) is 21.1 Å². The van der Waals surface area contributed by atoms with Gasteiger partial charge in [0.2, 0.25) is 0 Å². The van der Waals surface area contributed by atoms with Crippen molar-refractivity contribution in [3.63, 3.8) is 0 Å². The molecule has 0 aliphatic carbocycles. The highest BCUT2D eigenvalue weighted by molar-refractivity contribution is 6.88. The molecule has 3 nitrogen and oxygen atoms in total. The van der Waals surface area contributed by atoms with Gasteiger partial charge in [0, 0.05) is 33.2 Å². The molecule has 0 fully saturated rings. The Morgan fingerprint density at radius 3 is 1.89 bits per heavy atom. The van der Waals surface area contributed by atoms with Crippen molar-refractivity contribution >= 4 is 53.3 Å². The smallest absolute Gasteiger partial charge is 0.128 e. The summed E-state index contributed by atoms with van der Waals surface area (Å²) >= 11 is 6.25. The van der Waals surface area contributed by atoms with Crippen molar-refractivity contribution in [3.05, 3.63) is 150 Å². The van der Waals surface area contributed by atoms with Crippen molar-refractivity contribution in [1.29, 1.82) is 0 Å². The first-order valence-corrected chi connectivity index (χ1v) is 18.5. The topological polar surface area (TPSA) is 21.7 Å². The quantitative estimate of drug-likeness (QED) is 0.115. The second-order valence-electron chi connectivity index (χ2n) is 11.7. The van der Waals surface area contributed by atoms with Crippen molar-refractivity contribution in [2.45, 2.75) is 19.6 Å². The third kappa shape index (κ3) is 6.37. The monoisotopic (exact) mass is 615 g/mol. The lowest BCUT2D eigenvalue weighted by molar-refractivity contribution is 0.371. The summed E-state index contributed by atoms with van der Waals surface area (Å²) in [6.07, 6.45) is 0. The van der Waals surface area contributed by atoms with E-state index in [0.29, 0.717) is 16.5 Å². The molecule has 0 aliphatic rings. The fourth-order valence-corrected chi connectivity index (χ4v) is 6.76. The van der Waals surface area contributed by atoms with E-state index in [1.165, 1.54) is 5.19 Å². The van der Waals surface area contributed by atoms with Gasteiger partial charge in [-0.1, -0.05) is 110 Å². The first-order valence-electron chi connectivity index (χ1n) is 14.6. The molecule has 0 heterocycles. The van der Waals surface area contributed by atoms with Crippen molar-refractivity contribution < 1.29 is 9.47 Å². The van der Waals surface area contributed by atoms with Crippen LogP contribution in [0, 0.1) is 0 Å². The summed E-state index contributed by atoms with van der Waals surface area (Å²) in [5.41, 5.74) is 8.77. The molecule has 0 amide bonds. The predicted molar refractivity (Wildman–Crippen MR) is 192 cm³/mol. The predicted octanol–water partition coefficient (Wildman–Crippen LogP) is 10.7. The number of nitrogens with zero attached hydrogens (tertiary/aromatic N) is 1. The van der Waals surface area contributed by atoms with Crippen LogP contribution in [0.15, 0.2) is 128 Å². The van der Waals surface area contributed by atoms with Crippen LogP contribution in [0.1, 0.15) is 16.7 Å². The lowest BCUT2D eigenvalue weighted by Crippen LogP contribution is -2.37.